The Bertz CT molecular complexity index is 1160. The van der Waals surface area contributed by atoms with Crippen LogP contribution in [0, 0.1) is 0 Å². The van der Waals surface area contributed by atoms with Gasteiger partial charge in [-0.05, 0) is 60.7 Å². The Morgan fingerprint density at radius 3 is 2.43 bits per heavy atom. The van der Waals surface area contributed by atoms with Crippen LogP contribution in [-0.4, -0.2) is 28.4 Å². The van der Waals surface area contributed by atoms with E-state index in [2.05, 4.69) is 0 Å². The zero-order valence-corrected chi connectivity index (χ0v) is 17.3. The first-order valence-electron chi connectivity index (χ1n) is 8.82. The highest BCUT2D eigenvalue weighted by Gasteiger charge is 2.33. The quantitative estimate of drug-likeness (QED) is 0.441. The average Bonchev–Trinajstić information content (AvgIpc) is 3.32. The summed E-state index contributed by atoms with van der Waals surface area (Å²) >= 11 is 6.52. The van der Waals surface area contributed by atoms with Gasteiger partial charge in [0.15, 0.2) is 4.32 Å². The molecule has 1 aliphatic heterocycles. The number of hydrogen-bond acceptors (Lipinski definition) is 6. The zero-order chi connectivity index (χ0) is 21.3. The van der Waals surface area contributed by atoms with E-state index in [1.807, 2.05) is 30.3 Å². The molecule has 6 nitrogen and oxygen atoms in total. The third-order valence-electron chi connectivity index (χ3n) is 4.44. The van der Waals surface area contributed by atoms with Crippen molar-refractivity contribution in [3.05, 3.63) is 76.9 Å². The minimum absolute atomic E-state index is 0.140. The van der Waals surface area contributed by atoms with E-state index < -0.39 is 5.97 Å². The summed E-state index contributed by atoms with van der Waals surface area (Å²) < 4.78 is 11.4. The van der Waals surface area contributed by atoms with Crippen molar-refractivity contribution in [2.75, 3.05) is 12.0 Å². The number of nitrogens with zero attached hydrogens (tertiary/aromatic N) is 1. The molecule has 0 unspecified atom stereocenters. The molecule has 2 aromatic carbocycles. The van der Waals surface area contributed by atoms with Gasteiger partial charge in [-0.25, -0.2) is 4.79 Å². The van der Waals surface area contributed by atoms with Gasteiger partial charge in [0.25, 0.3) is 5.91 Å². The number of carbonyl (C=O) groups excluding carboxylic acids is 1. The molecule has 0 aliphatic carbocycles. The number of carbonyl (C=O) groups is 2. The monoisotopic (exact) mass is 437 g/mol. The van der Waals surface area contributed by atoms with Crippen LogP contribution < -0.4 is 9.64 Å². The number of ether oxygens (including phenoxy) is 1. The third kappa shape index (κ3) is 3.87. The lowest BCUT2D eigenvalue weighted by atomic mass is 10.2. The number of furan rings is 1. The number of anilines is 1. The molecule has 1 amide bonds. The maximum atomic E-state index is 12.9. The van der Waals surface area contributed by atoms with Crippen LogP contribution in [0.2, 0.25) is 0 Å². The van der Waals surface area contributed by atoms with Crippen LogP contribution in [0.15, 0.2) is 70.0 Å². The van der Waals surface area contributed by atoms with Gasteiger partial charge in [0, 0.05) is 11.6 Å². The van der Waals surface area contributed by atoms with E-state index in [1.54, 1.807) is 31.4 Å². The fraction of sp³-hybridized carbons (Fsp3) is 0.0455. The summed E-state index contributed by atoms with van der Waals surface area (Å²) in [6, 6.07) is 17.1. The van der Waals surface area contributed by atoms with E-state index in [9.17, 15) is 9.59 Å². The van der Waals surface area contributed by atoms with E-state index in [0.717, 1.165) is 11.3 Å². The number of thioether (sulfide) groups is 1. The van der Waals surface area contributed by atoms with Gasteiger partial charge in [-0.3, -0.25) is 9.69 Å². The van der Waals surface area contributed by atoms with Gasteiger partial charge >= 0.3 is 5.97 Å². The van der Waals surface area contributed by atoms with E-state index in [-0.39, 0.29) is 11.5 Å². The number of rotatable bonds is 5. The number of amides is 1. The molecule has 150 valence electrons. The SMILES string of the molecule is COc1ccc(-c2ccc(C=C3SC(=S)N(c4ccc(C(=O)O)cc4)C3=O)o2)cc1. The van der Waals surface area contributed by atoms with Crippen molar-refractivity contribution in [2.45, 2.75) is 0 Å². The second-order valence-corrected chi connectivity index (χ2v) is 7.98. The lowest BCUT2D eigenvalue weighted by molar-refractivity contribution is -0.113. The van der Waals surface area contributed by atoms with E-state index in [4.69, 9.17) is 26.5 Å². The second kappa shape index (κ2) is 8.17. The van der Waals surface area contributed by atoms with Crippen molar-refractivity contribution in [1.29, 1.82) is 0 Å². The predicted octanol–water partition coefficient (Wildman–Crippen LogP) is 5.06. The summed E-state index contributed by atoms with van der Waals surface area (Å²) in [7, 11) is 1.61. The standard InChI is InChI=1S/C22H15NO5S2/c1-27-16-8-4-13(5-9-16)18-11-10-17(28-18)12-19-20(24)23(22(29)30-19)15-6-2-14(3-7-15)21(25)26/h2-12H,1H3,(H,25,26). The number of methoxy groups -OCH3 is 1. The summed E-state index contributed by atoms with van der Waals surface area (Å²) in [5.74, 6) is 0.643. The smallest absolute Gasteiger partial charge is 0.335 e. The maximum Gasteiger partial charge on any atom is 0.335 e. The second-order valence-electron chi connectivity index (χ2n) is 6.30. The molecule has 2 heterocycles. The van der Waals surface area contributed by atoms with Gasteiger partial charge in [-0.15, -0.1) is 0 Å². The highest BCUT2D eigenvalue weighted by molar-refractivity contribution is 8.27. The van der Waals surface area contributed by atoms with E-state index >= 15 is 0 Å². The van der Waals surface area contributed by atoms with E-state index in [1.165, 1.54) is 28.8 Å². The molecule has 1 saturated heterocycles. The van der Waals surface area contributed by atoms with Crippen molar-refractivity contribution >= 4 is 51.9 Å². The van der Waals surface area contributed by atoms with Crippen LogP contribution in [0.25, 0.3) is 17.4 Å². The number of benzene rings is 2. The van der Waals surface area contributed by atoms with Crippen LogP contribution >= 0.6 is 24.0 Å². The molecule has 3 aromatic rings. The van der Waals surface area contributed by atoms with Crippen LogP contribution in [0.5, 0.6) is 5.75 Å². The molecule has 0 spiro atoms. The molecule has 1 aromatic heterocycles. The Morgan fingerprint density at radius 2 is 1.80 bits per heavy atom. The lowest BCUT2D eigenvalue weighted by Gasteiger charge is -2.14. The number of carboxylic acids is 1. The summed E-state index contributed by atoms with van der Waals surface area (Å²) in [4.78, 5) is 25.7. The first-order valence-corrected chi connectivity index (χ1v) is 10.0. The molecule has 30 heavy (non-hydrogen) atoms. The van der Waals surface area contributed by atoms with Gasteiger partial charge in [0.05, 0.1) is 23.3 Å². The summed E-state index contributed by atoms with van der Waals surface area (Å²) in [5, 5.41) is 9.03. The van der Waals surface area contributed by atoms with Crippen molar-refractivity contribution < 1.29 is 23.8 Å². The third-order valence-corrected chi connectivity index (χ3v) is 5.74. The Labute approximate surface area is 181 Å². The Morgan fingerprint density at radius 1 is 1.10 bits per heavy atom. The minimum Gasteiger partial charge on any atom is -0.497 e. The first-order chi connectivity index (χ1) is 14.5. The molecule has 1 aliphatic rings. The van der Waals surface area contributed by atoms with Gasteiger partial charge in [0.2, 0.25) is 0 Å². The van der Waals surface area contributed by atoms with E-state index in [0.29, 0.717) is 26.4 Å². The fourth-order valence-corrected chi connectivity index (χ4v) is 4.19. The highest BCUT2D eigenvalue weighted by atomic mass is 32.2. The molecular weight excluding hydrogens is 422 g/mol. The molecule has 0 bridgehead atoms. The normalized spacial score (nSPS) is 15.1. The first kappa shape index (κ1) is 19.9. The molecular formula is C22H15NO5S2. The van der Waals surface area contributed by atoms with Crippen molar-refractivity contribution in [3.63, 3.8) is 0 Å². The predicted molar refractivity (Wildman–Crippen MR) is 120 cm³/mol. The summed E-state index contributed by atoms with van der Waals surface area (Å²) in [6.45, 7) is 0. The van der Waals surface area contributed by atoms with Crippen molar-refractivity contribution in [1.82, 2.24) is 0 Å². The molecule has 0 radical (unpaired) electrons. The largest absolute Gasteiger partial charge is 0.497 e. The van der Waals surface area contributed by atoms with Crippen molar-refractivity contribution in [2.24, 2.45) is 0 Å². The molecule has 1 N–H and O–H groups in total. The maximum absolute atomic E-state index is 12.9. The van der Waals surface area contributed by atoms with Gasteiger partial charge in [0.1, 0.15) is 17.3 Å². The Balaban J connectivity index is 1.56. The summed E-state index contributed by atoms with van der Waals surface area (Å²) in [6.07, 6.45) is 1.65. The number of thiocarbonyl (C=S) groups is 1. The zero-order valence-electron chi connectivity index (χ0n) is 15.7. The van der Waals surface area contributed by atoms with Crippen molar-refractivity contribution in [3.8, 4) is 17.1 Å². The van der Waals surface area contributed by atoms with Gasteiger partial charge < -0.3 is 14.3 Å². The molecule has 1 fully saturated rings. The molecule has 4 rings (SSSR count). The van der Waals surface area contributed by atoms with Gasteiger partial charge in [-0.2, -0.15) is 0 Å². The van der Waals surface area contributed by atoms with Crippen LogP contribution in [0.1, 0.15) is 16.1 Å². The van der Waals surface area contributed by atoms with Crippen LogP contribution in [0.4, 0.5) is 5.69 Å². The number of carboxylic acid groups (broad SMARTS) is 1. The molecule has 0 saturated carbocycles. The molecule has 0 atom stereocenters. The Kier molecular flexibility index (Phi) is 5.43. The number of hydrogen-bond donors (Lipinski definition) is 1. The fourth-order valence-electron chi connectivity index (χ4n) is 2.91. The van der Waals surface area contributed by atoms with Crippen LogP contribution in [0.3, 0.4) is 0 Å². The highest BCUT2D eigenvalue weighted by Crippen LogP contribution is 2.36. The topological polar surface area (TPSA) is 80.0 Å². The van der Waals surface area contributed by atoms with Gasteiger partial charge in [-0.1, -0.05) is 24.0 Å². The van der Waals surface area contributed by atoms with Crippen LogP contribution in [-0.2, 0) is 4.79 Å². The molecule has 8 heteroatoms. The minimum atomic E-state index is -1.03. The summed E-state index contributed by atoms with van der Waals surface area (Å²) in [5.41, 5.74) is 1.55. The average molecular weight is 437 g/mol. The Hall–Kier alpha value is -3.36. The lowest BCUT2D eigenvalue weighted by Crippen LogP contribution is -2.27. The number of aromatic carboxylic acids is 1.